The van der Waals surface area contributed by atoms with Gasteiger partial charge in [0.25, 0.3) is 0 Å². The minimum atomic E-state index is 0.324. The van der Waals surface area contributed by atoms with Gasteiger partial charge in [-0.2, -0.15) is 10.4 Å². The molecular weight excluding hydrogens is 428 g/mol. The third-order valence-corrected chi connectivity index (χ3v) is 5.31. The molecule has 0 aliphatic carbocycles. The number of fused-ring (bicyclic) bond motifs is 1. The van der Waals surface area contributed by atoms with Crippen molar-refractivity contribution in [3.8, 4) is 34.6 Å². The molecule has 0 atom stereocenters. The van der Waals surface area contributed by atoms with E-state index < -0.39 is 0 Å². The number of nitrogen functional groups attached to an aromatic ring is 1. The monoisotopic (exact) mass is 448 g/mol. The van der Waals surface area contributed by atoms with Crippen LogP contribution in [0.4, 0.5) is 5.82 Å². The summed E-state index contributed by atoms with van der Waals surface area (Å²) in [6.07, 6.45) is 1.43. The molecule has 0 unspecified atom stereocenters. The molecular formula is C26H20N6O2. The summed E-state index contributed by atoms with van der Waals surface area (Å²) in [4.78, 5) is 8.37. The summed E-state index contributed by atoms with van der Waals surface area (Å²) in [5.41, 5.74) is 9.80. The lowest BCUT2D eigenvalue weighted by Gasteiger charge is -2.10. The molecule has 2 heterocycles. The highest BCUT2D eigenvalue weighted by Crippen LogP contribution is 2.31. The smallest absolute Gasteiger partial charge is 0.163 e. The molecule has 5 aromatic rings. The Morgan fingerprint density at radius 2 is 1.79 bits per heavy atom. The summed E-state index contributed by atoms with van der Waals surface area (Å²) in [6, 6.07) is 24.5. The van der Waals surface area contributed by atoms with Crippen molar-refractivity contribution >= 4 is 16.9 Å². The van der Waals surface area contributed by atoms with Crippen LogP contribution in [0.2, 0.25) is 0 Å². The van der Waals surface area contributed by atoms with Crippen LogP contribution in [0.25, 0.3) is 22.3 Å². The van der Waals surface area contributed by atoms with Gasteiger partial charge in [-0.05, 0) is 54.1 Å². The van der Waals surface area contributed by atoms with Gasteiger partial charge in [0.15, 0.2) is 5.65 Å². The number of hydrogen-bond donors (Lipinski definition) is 1. The maximum absolute atomic E-state index is 9.22. The quantitative estimate of drug-likeness (QED) is 0.395. The molecule has 2 N–H and O–H groups in total. The maximum Gasteiger partial charge on any atom is 0.163 e. The normalized spacial score (nSPS) is 10.7. The van der Waals surface area contributed by atoms with Crippen molar-refractivity contribution in [1.29, 1.82) is 5.26 Å². The van der Waals surface area contributed by atoms with Crippen LogP contribution in [0.1, 0.15) is 11.1 Å². The third kappa shape index (κ3) is 4.10. The maximum atomic E-state index is 9.22. The molecule has 0 saturated carbocycles. The number of anilines is 1. The molecule has 0 amide bonds. The van der Waals surface area contributed by atoms with Gasteiger partial charge in [0.1, 0.15) is 47.8 Å². The van der Waals surface area contributed by atoms with Gasteiger partial charge in [-0.15, -0.1) is 0 Å². The highest BCUT2D eigenvalue weighted by atomic mass is 16.5. The standard InChI is InChI=1S/C26H20N6O2/c1-32-26-23(25(28)29-16-30-26)24(31-32)18-9-11-20(12-10-18)34-21-7-4-5-17(13-21)15-33-22-8-3-2-6-19(22)14-27/h2-13,16H,15H2,1H3,(H2,28,29,30). The first-order valence-corrected chi connectivity index (χ1v) is 10.5. The molecule has 0 radical (unpaired) electrons. The summed E-state index contributed by atoms with van der Waals surface area (Å²) >= 11 is 0. The van der Waals surface area contributed by atoms with Crippen LogP contribution in [0.3, 0.4) is 0 Å². The van der Waals surface area contributed by atoms with Crippen molar-refractivity contribution in [2.24, 2.45) is 7.05 Å². The zero-order valence-electron chi connectivity index (χ0n) is 18.3. The second-order valence-electron chi connectivity index (χ2n) is 7.60. The predicted molar refractivity (Wildman–Crippen MR) is 128 cm³/mol. The van der Waals surface area contributed by atoms with Crippen molar-refractivity contribution in [1.82, 2.24) is 19.7 Å². The number of para-hydroxylation sites is 1. The van der Waals surface area contributed by atoms with Crippen LogP contribution < -0.4 is 15.2 Å². The first kappa shape index (κ1) is 21.0. The summed E-state index contributed by atoms with van der Waals surface area (Å²) in [5.74, 6) is 2.31. The summed E-state index contributed by atoms with van der Waals surface area (Å²) in [6.45, 7) is 0.324. The summed E-state index contributed by atoms with van der Waals surface area (Å²) in [7, 11) is 1.82. The number of benzene rings is 3. The van der Waals surface area contributed by atoms with Crippen LogP contribution >= 0.6 is 0 Å². The molecule has 166 valence electrons. The van der Waals surface area contributed by atoms with Crippen LogP contribution in [-0.4, -0.2) is 19.7 Å². The molecule has 0 spiro atoms. The number of aromatic nitrogens is 4. The Morgan fingerprint density at radius 1 is 0.971 bits per heavy atom. The molecule has 0 aliphatic rings. The van der Waals surface area contributed by atoms with E-state index in [-0.39, 0.29) is 0 Å². The van der Waals surface area contributed by atoms with Crippen molar-refractivity contribution in [3.05, 3.63) is 90.3 Å². The van der Waals surface area contributed by atoms with Crippen LogP contribution in [0.15, 0.2) is 79.1 Å². The molecule has 0 bridgehead atoms. The second kappa shape index (κ2) is 8.92. The topological polar surface area (TPSA) is 112 Å². The van der Waals surface area contributed by atoms with E-state index in [4.69, 9.17) is 15.2 Å². The minimum Gasteiger partial charge on any atom is -0.488 e. The minimum absolute atomic E-state index is 0.324. The fourth-order valence-electron chi connectivity index (χ4n) is 3.67. The van der Waals surface area contributed by atoms with Gasteiger partial charge in [0.05, 0.1) is 10.9 Å². The molecule has 2 aromatic heterocycles. The zero-order valence-corrected chi connectivity index (χ0v) is 18.3. The van der Waals surface area contributed by atoms with Crippen molar-refractivity contribution in [2.45, 2.75) is 6.61 Å². The Morgan fingerprint density at radius 3 is 2.62 bits per heavy atom. The lowest BCUT2D eigenvalue weighted by atomic mass is 10.1. The summed E-state index contributed by atoms with van der Waals surface area (Å²) < 4.78 is 13.6. The Balaban J connectivity index is 1.32. The molecule has 3 aromatic carbocycles. The third-order valence-electron chi connectivity index (χ3n) is 5.31. The van der Waals surface area contributed by atoms with Gasteiger partial charge in [-0.25, -0.2) is 14.6 Å². The van der Waals surface area contributed by atoms with Gasteiger partial charge in [0, 0.05) is 12.6 Å². The zero-order chi connectivity index (χ0) is 23.5. The molecule has 34 heavy (non-hydrogen) atoms. The fourth-order valence-corrected chi connectivity index (χ4v) is 3.67. The Hall–Kier alpha value is -4.90. The van der Waals surface area contributed by atoms with E-state index in [2.05, 4.69) is 21.1 Å². The molecule has 0 fully saturated rings. The average molecular weight is 448 g/mol. The van der Waals surface area contributed by atoms with Gasteiger partial charge < -0.3 is 15.2 Å². The first-order chi connectivity index (χ1) is 16.6. The first-order valence-electron chi connectivity index (χ1n) is 10.5. The molecule has 0 aliphatic heterocycles. The SMILES string of the molecule is Cn1nc(-c2ccc(Oc3cccc(COc4ccccc4C#N)c3)cc2)c2c(N)ncnc21. The number of nitriles is 1. The fraction of sp³-hybridized carbons (Fsp3) is 0.0769. The molecule has 8 nitrogen and oxygen atoms in total. The number of hydrogen-bond acceptors (Lipinski definition) is 7. The van der Waals surface area contributed by atoms with E-state index >= 15 is 0 Å². The molecule has 8 heteroatoms. The van der Waals surface area contributed by atoms with Crippen molar-refractivity contribution in [3.63, 3.8) is 0 Å². The van der Waals surface area contributed by atoms with Gasteiger partial charge in [-0.1, -0.05) is 24.3 Å². The van der Waals surface area contributed by atoms with E-state index in [0.717, 1.165) is 22.2 Å². The van der Waals surface area contributed by atoms with E-state index in [9.17, 15) is 5.26 Å². The highest BCUT2D eigenvalue weighted by Gasteiger charge is 2.15. The number of rotatable bonds is 6. The van der Waals surface area contributed by atoms with E-state index in [1.165, 1.54) is 6.33 Å². The van der Waals surface area contributed by atoms with Crippen molar-refractivity contribution in [2.75, 3.05) is 5.73 Å². The lowest BCUT2D eigenvalue weighted by Crippen LogP contribution is -1.97. The largest absolute Gasteiger partial charge is 0.488 e. The predicted octanol–water partition coefficient (Wildman–Crippen LogP) is 4.86. The van der Waals surface area contributed by atoms with E-state index in [1.807, 2.05) is 67.7 Å². The Bertz CT molecular complexity index is 1520. The highest BCUT2D eigenvalue weighted by molar-refractivity contribution is 5.98. The van der Waals surface area contributed by atoms with Crippen LogP contribution in [-0.2, 0) is 13.7 Å². The molecule has 5 rings (SSSR count). The average Bonchev–Trinajstić information content (AvgIpc) is 3.21. The van der Waals surface area contributed by atoms with E-state index in [0.29, 0.717) is 40.9 Å². The number of aryl methyl sites for hydroxylation is 1. The number of nitrogens with two attached hydrogens (primary N) is 1. The van der Waals surface area contributed by atoms with E-state index in [1.54, 1.807) is 16.8 Å². The Kier molecular flexibility index (Phi) is 5.50. The number of ether oxygens (including phenoxy) is 2. The van der Waals surface area contributed by atoms with Gasteiger partial charge >= 0.3 is 0 Å². The van der Waals surface area contributed by atoms with Crippen LogP contribution in [0, 0.1) is 11.3 Å². The van der Waals surface area contributed by atoms with Crippen LogP contribution in [0.5, 0.6) is 17.2 Å². The second-order valence-corrected chi connectivity index (χ2v) is 7.60. The van der Waals surface area contributed by atoms with Gasteiger partial charge in [-0.3, -0.25) is 0 Å². The Labute approximate surface area is 195 Å². The molecule has 0 saturated heterocycles. The summed E-state index contributed by atoms with van der Waals surface area (Å²) in [5, 5.41) is 14.5. The number of nitrogens with zero attached hydrogens (tertiary/aromatic N) is 5. The lowest BCUT2D eigenvalue weighted by molar-refractivity contribution is 0.304. The van der Waals surface area contributed by atoms with Crippen molar-refractivity contribution < 1.29 is 9.47 Å². The van der Waals surface area contributed by atoms with Gasteiger partial charge in [0.2, 0.25) is 0 Å².